The number of hydrogen-bond donors (Lipinski definition) is 2. The van der Waals surface area contributed by atoms with E-state index in [9.17, 15) is 31.5 Å². The molecule has 2 amide bonds. The van der Waals surface area contributed by atoms with Crippen LogP contribution in [0.3, 0.4) is 0 Å². The van der Waals surface area contributed by atoms with E-state index in [0.29, 0.717) is 55.1 Å². The molecule has 0 aromatic heterocycles. The summed E-state index contributed by atoms with van der Waals surface area (Å²) >= 11 is 0. The first kappa shape index (κ1) is 36.3. The Kier molecular flexibility index (Phi) is 12.4. The second-order valence-corrected chi connectivity index (χ2v) is 16.0. The molecule has 15 heteroatoms. The maximum Gasteiger partial charge on any atom is 0.248 e. The Morgan fingerprint density at radius 2 is 1.59 bits per heavy atom. The molecule has 0 radical (unpaired) electrons. The third-order valence-corrected chi connectivity index (χ3v) is 12.2. The number of unbranched alkanes of at least 4 members (excludes halogenated alkanes) is 1. The van der Waals surface area contributed by atoms with Gasteiger partial charge in [0.05, 0.1) is 24.3 Å². The first-order valence-corrected chi connectivity index (χ1v) is 18.9. The zero-order valence-electron chi connectivity index (χ0n) is 25.8. The number of nitrogens with one attached hydrogen (secondary N) is 1. The Balaban J connectivity index is 0.00000529. The summed E-state index contributed by atoms with van der Waals surface area (Å²) in [7, 11) is -8.06. The lowest BCUT2D eigenvalue weighted by Crippen LogP contribution is -2.75. The number of nitrogens with zero attached hydrogens (tertiary/aromatic N) is 3. The molecule has 250 valence electrons. The number of amides is 2. The molecule has 4 rings (SSSR count). The van der Waals surface area contributed by atoms with Crippen LogP contribution in [-0.2, 0) is 29.6 Å². The number of aliphatic hydroxyl groups is 1. The monoisotopic (exact) mass is 678 g/mol. The van der Waals surface area contributed by atoms with Crippen molar-refractivity contribution in [2.45, 2.75) is 82.4 Å². The quantitative estimate of drug-likeness (QED) is 0.338. The fraction of sp³-hybridized carbons (Fsp3) is 0.724. The Morgan fingerprint density at radius 3 is 2.14 bits per heavy atom. The fourth-order valence-electron chi connectivity index (χ4n) is 6.69. The minimum Gasteiger partial charge on any atom is -0.492 e. The number of likely N-dealkylation sites (tertiary alicyclic amines) is 1. The van der Waals surface area contributed by atoms with Crippen molar-refractivity contribution in [3.63, 3.8) is 0 Å². The van der Waals surface area contributed by atoms with Gasteiger partial charge in [0, 0.05) is 26.2 Å². The molecule has 1 aromatic rings. The van der Waals surface area contributed by atoms with E-state index < -0.39 is 37.7 Å². The van der Waals surface area contributed by atoms with Crippen molar-refractivity contribution in [2.75, 3.05) is 49.0 Å². The fourth-order valence-corrected chi connectivity index (χ4v) is 9.66. The van der Waals surface area contributed by atoms with Crippen LogP contribution in [0.5, 0.6) is 5.75 Å². The Morgan fingerprint density at radius 1 is 1.00 bits per heavy atom. The lowest BCUT2D eigenvalue weighted by Gasteiger charge is -2.52. The van der Waals surface area contributed by atoms with E-state index in [4.69, 9.17) is 4.74 Å². The van der Waals surface area contributed by atoms with Crippen LogP contribution in [0.2, 0.25) is 0 Å². The zero-order chi connectivity index (χ0) is 31.4. The van der Waals surface area contributed by atoms with Gasteiger partial charge in [-0.25, -0.2) is 16.8 Å². The first-order chi connectivity index (χ1) is 20.3. The molecule has 44 heavy (non-hydrogen) atoms. The Hall–Kier alpha value is -2.13. The normalized spacial score (nSPS) is 22.3. The van der Waals surface area contributed by atoms with Gasteiger partial charge in [-0.05, 0) is 62.3 Å². The summed E-state index contributed by atoms with van der Waals surface area (Å²) in [4.78, 5) is 31.4. The lowest BCUT2D eigenvalue weighted by atomic mass is 9.78. The van der Waals surface area contributed by atoms with Crippen molar-refractivity contribution in [2.24, 2.45) is 5.92 Å². The predicted molar refractivity (Wildman–Crippen MR) is 171 cm³/mol. The first-order valence-electron chi connectivity index (χ1n) is 15.2. The number of carbonyl (C=O) groups is 2. The average Bonchev–Trinajstić information content (AvgIpc) is 2.95. The minimum absolute atomic E-state index is 0. The number of rotatable bonds is 12. The minimum atomic E-state index is -4.03. The summed E-state index contributed by atoms with van der Waals surface area (Å²) in [6, 6.07) is 4.91. The molecule has 0 unspecified atom stereocenters. The molecule has 2 heterocycles. The van der Waals surface area contributed by atoms with E-state index >= 15 is 0 Å². The van der Waals surface area contributed by atoms with Crippen LogP contribution in [0.4, 0.5) is 5.69 Å². The molecule has 2 atom stereocenters. The third-order valence-electron chi connectivity index (χ3n) is 8.98. The number of anilines is 1. The number of benzene rings is 1. The average molecular weight is 679 g/mol. The molecule has 2 saturated heterocycles. The molecule has 1 saturated carbocycles. The smallest absolute Gasteiger partial charge is 0.248 e. The molecule has 2 N–H and O–H groups in total. The van der Waals surface area contributed by atoms with Crippen molar-refractivity contribution in [1.82, 2.24) is 15.1 Å². The molecule has 12 nitrogen and oxygen atoms in total. The van der Waals surface area contributed by atoms with Crippen molar-refractivity contribution < 1.29 is 36.3 Å². The van der Waals surface area contributed by atoms with Crippen molar-refractivity contribution in [3.05, 3.63) is 24.3 Å². The molecular weight excluding hydrogens is 632 g/mol. The second-order valence-electron chi connectivity index (χ2n) is 12.1. The van der Waals surface area contributed by atoms with Gasteiger partial charge >= 0.3 is 0 Å². The van der Waals surface area contributed by atoms with E-state index in [-0.39, 0.29) is 35.8 Å². The van der Waals surface area contributed by atoms with Crippen molar-refractivity contribution >= 4 is 50.0 Å². The maximum absolute atomic E-state index is 13.8. The van der Waals surface area contributed by atoms with E-state index in [1.165, 1.54) is 24.3 Å². The van der Waals surface area contributed by atoms with Crippen LogP contribution < -0.4 is 13.8 Å². The summed E-state index contributed by atoms with van der Waals surface area (Å²) in [6.45, 7) is 4.64. The number of hydrogen-bond acceptors (Lipinski definition) is 9. The molecule has 1 spiro atoms. The highest BCUT2D eigenvalue weighted by Gasteiger charge is 2.55. The van der Waals surface area contributed by atoms with Gasteiger partial charge in [-0.2, -0.15) is 3.71 Å². The summed E-state index contributed by atoms with van der Waals surface area (Å²) < 4.78 is 54.2. The van der Waals surface area contributed by atoms with Gasteiger partial charge in [-0.1, -0.05) is 32.6 Å². The molecule has 3 fully saturated rings. The maximum atomic E-state index is 13.8. The van der Waals surface area contributed by atoms with Gasteiger partial charge in [0.2, 0.25) is 31.9 Å². The van der Waals surface area contributed by atoms with E-state index in [1.807, 2.05) is 0 Å². The molecule has 0 bridgehead atoms. The van der Waals surface area contributed by atoms with Crippen LogP contribution in [0.25, 0.3) is 0 Å². The molecule has 1 aliphatic carbocycles. The Bertz CT molecular complexity index is 1310. The van der Waals surface area contributed by atoms with Crippen LogP contribution in [0, 0.1) is 5.92 Å². The number of sulfonamides is 2. The van der Waals surface area contributed by atoms with Crippen molar-refractivity contribution in [1.29, 1.82) is 0 Å². The second kappa shape index (κ2) is 15.0. The zero-order valence-corrected chi connectivity index (χ0v) is 28.3. The number of aliphatic hydroxyl groups excluding tert-OH is 1. The van der Waals surface area contributed by atoms with Gasteiger partial charge in [0.1, 0.15) is 23.9 Å². The SMILES string of the molecule is CCCCN1C(=O)[C@@H]([C@H](O)C2CCCCC2)NC(=O)C12CCN(CCOc1ccc(N(S(C)(=O)=O)S(C)(=O)=O)cc1)CC2.Cl. The van der Waals surface area contributed by atoms with Gasteiger partial charge in [-0.15, -0.1) is 12.4 Å². The Labute approximate surface area is 268 Å². The summed E-state index contributed by atoms with van der Waals surface area (Å²) in [6.07, 6.45) is 8.41. The lowest BCUT2D eigenvalue weighted by molar-refractivity contribution is -0.166. The summed E-state index contributed by atoms with van der Waals surface area (Å²) in [5.74, 6) is 0.152. The molecular formula is C29H47ClN4O8S2. The van der Waals surface area contributed by atoms with Crippen LogP contribution in [-0.4, -0.2) is 107 Å². The highest BCUT2D eigenvalue weighted by Crippen LogP contribution is 2.36. The molecule has 2 aliphatic heterocycles. The standard InChI is InChI=1S/C29H46N4O8S2.ClH/c1-4-5-17-32-27(35)25(26(34)22-9-7-6-8-10-22)30-28(36)29(32)15-18-31(19-16-29)20-21-41-24-13-11-23(12-14-24)33(42(2,37)38)43(3,39)40;/h11-14,22,25-26,34H,4-10,15-21H2,1-3H3,(H,30,36);1H/t25-,26-;/m1./s1. The van der Waals surface area contributed by atoms with Crippen LogP contribution >= 0.6 is 12.4 Å². The van der Waals surface area contributed by atoms with Gasteiger partial charge in [0.25, 0.3) is 0 Å². The number of ether oxygens (including phenoxy) is 1. The summed E-state index contributed by atoms with van der Waals surface area (Å²) in [5.41, 5.74) is -0.923. The number of piperidine rings is 1. The van der Waals surface area contributed by atoms with E-state index in [2.05, 4.69) is 17.1 Å². The van der Waals surface area contributed by atoms with Crippen LogP contribution in [0.1, 0.15) is 64.7 Å². The van der Waals surface area contributed by atoms with Gasteiger partial charge in [0.15, 0.2) is 0 Å². The third kappa shape index (κ3) is 8.17. The molecule has 1 aromatic carbocycles. The summed E-state index contributed by atoms with van der Waals surface area (Å²) in [5, 5.41) is 14.1. The topological polar surface area (TPSA) is 154 Å². The number of halogens is 1. The number of carbonyl (C=O) groups excluding carboxylic acids is 2. The largest absolute Gasteiger partial charge is 0.492 e. The van der Waals surface area contributed by atoms with Crippen molar-refractivity contribution in [3.8, 4) is 5.75 Å². The highest BCUT2D eigenvalue weighted by atomic mass is 35.5. The van der Waals surface area contributed by atoms with E-state index in [1.54, 1.807) is 4.90 Å². The highest BCUT2D eigenvalue weighted by molar-refractivity contribution is 8.09. The predicted octanol–water partition coefficient (Wildman–Crippen LogP) is 2.12. The molecule has 3 aliphatic rings. The van der Waals surface area contributed by atoms with Gasteiger partial charge < -0.3 is 20.1 Å². The van der Waals surface area contributed by atoms with Gasteiger partial charge in [-0.3, -0.25) is 14.5 Å². The van der Waals surface area contributed by atoms with E-state index in [0.717, 1.165) is 57.5 Å². The van der Waals surface area contributed by atoms with Crippen LogP contribution in [0.15, 0.2) is 24.3 Å². The number of piperazine rings is 1.